The van der Waals surface area contributed by atoms with Crippen molar-refractivity contribution in [1.82, 2.24) is 0 Å². The average molecular weight is 328 g/mol. The van der Waals surface area contributed by atoms with E-state index in [1.165, 1.54) is 16.7 Å². The summed E-state index contributed by atoms with van der Waals surface area (Å²) in [5, 5.41) is 3.05. The van der Waals surface area contributed by atoms with Crippen molar-refractivity contribution in [2.24, 2.45) is 0 Å². The molecule has 1 heterocycles. The molecule has 2 aromatic carbocycles. The van der Waals surface area contributed by atoms with E-state index in [4.69, 9.17) is 0 Å². The highest BCUT2D eigenvalue weighted by atomic mass is 79.9. The maximum Gasteiger partial charge on any atom is 0.225 e. The van der Waals surface area contributed by atoms with Gasteiger partial charge in [0.25, 0.3) is 0 Å². The van der Waals surface area contributed by atoms with Crippen LogP contribution < -0.4 is 5.32 Å². The van der Waals surface area contributed by atoms with E-state index >= 15 is 0 Å². The van der Waals surface area contributed by atoms with Crippen molar-refractivity contribution < 1.29 is 4.79 Å². The van der Waals surface area contributed by atoms with E-state index < -0.39 is 0 Å². The Balaban J connectivity index is 1.88. The number of fused-ring (bicyclic) bond motifs is 5. The van der Waals surface area contributed by atoms with Crippen molar-refractivity contribution in [3.05, 3.63) is 63.6 Å². The Labute approximate surface area is 126 Å². The highest BCUT2D eigenvalue weighted by Gasteiger charge is 2.38. The molecule has 100 valence electrons. The van der Waals surface area contributed by atoms with Crippen LogP contribution in [0.25, 0.3) is 0 Å². The van der Waals surface area contributed by atoms with Crippen LogP contribution in [0.15, 0.2) is 46.9 Å². The minimum Gasteiger partial charge on any atom is -0.326 e. The van der Waals surface area contributed by atoms with Gasteiger partial charge in [0.15, 0.2) is 0 Å². The van der Waals surface area contributed by atoms with Crippen LogP contribution in [0.1, 0.15) is 34.9 Å². The summed E-state index contributed by atoms with van der Waals surface area (Å²) >= 11 is 3.55. The molecule has 2 nitrogen and oxygen atoms in total. The van der Waals surface area contributed by atoms with Gasteiger partial charge in [0.2, 0.25) is 5.91 Å². The number of hydrogen-bond acceptors (Lipinski definition) is 1. The first-order valence-electron chi connectivity index (χ1n) is 6.89. The Morgan fingerprint density at radius 2 is 1.80 bits per heavy atom. The number of anilines is 1. The topological polar surface area (TPSA) is 29.1 Å². The number of carbonyl (C=O) groups excluding carboxylic acids is 1. The van der Waals surface area contributed by atoms with Crippen LogP contribution in [-0.2, 0) is 11.2 Å². The molecular weight excluding hydrogens is 314 g/mol. The van der Waals surface area contributed by atoms with Gasteiger partial charge in [-0.2, -0.15) is 0 Å². The van der Waals surface area contributed by atoms with Crippen LogP contribution in [0.5, 0.6) is 0 Å². The third kappa shape index (κ3) is 1.80. The fraction of sp³-hybridized carbons (Fsp3) is 0.235. The van der Waals surface area contributed by atoms with Crippen LogP contribution in [0.2, 0.25) is 0 Å². The first-order chi connectivity index (χ1) is 9.72. The lowest BCUT2D eigenvalue weighted by molar-refractivity contribution is -0.116. The van der Waals surface area contributed by atoms with E-state index in [1.807, 2.05) is 12.1 Å². The standard InChI is InChI=1S/C17H14BrNO/c18-11-6-5-10-7-14-12-3-1-2-4-16(12)19-17(20)9-15(14)13(10)8-11/h1-6,8,14-15H,7,9H2,(H,19,20). The molecule has 0 saturated carbocycles. The van der Waals surface area contributed by atoms with E-state index in [0.717, 1.165) is 16.6 Å². The lowest BCUT2D eigenvalue weighted by atomic mass is 9.85. The summed E-state index contributed by atoms with van der Waals surface area (Å²) < 4.78 is 1.09. The quantitative estimate of drug-likeness (QED) is 0.771. The second-order valence-electron chi connectivity index (χ2n) is 5.60. The monoisotopic (exact) mass is 327 g/mol. The number of hydrogen-bond donors (Lipinski definition) is 1. The number of nitrogens with one attached hydrogen (secondary N) is 1. The number of benzene rings is 2. The van der Waals surface area contributed by atoms with Crippen molar-refractivity contribution in [3.8, 4) is 0 Å². The van der Waals surface area contributed by atoms with E-state index in [9.17, 15) is 4.79 Å². The van der Waals surface area contributed by atoms with Crippen LogP contribution in [0.3, 0.4) is 0 Å². The van der Waals surface area contributed by atoms with Gasteiger partial charge in [-0.1, -0.05) is 40.2 Å². The van der Waals surface area contributed by atoms with Crippen molar-refractivity contribution >= 4 is 27.5 Å². The van der Waals surface area contributed by atoms with E-state index in [2.05, 4.69) is 51.6 Å². The number of halogens is 1. The normalized spacial score (nSPS) is 23.4. The third-order valence-corrected chi connectivity index (χ3v) is 4.97. The van der Waals surface area contributed by atoms with Crippen LogP contribution in [-0.4, -0.2) is 5.91 Å². The van der Waals surface area contributed by atoms with Gasteiger partial charge in [-0.05, 0) is 47.2 Å². The average Bonchev–Trinajstić information content (AvgIpc) is 2.70. The van der Waals surface area contributed by atoms with Crippen molar-refractivity contribution in [1.29, 1.82) is 0 Å². The van der Waals surface area contributed by atoms with Gasteiger partial charge in [-0.25, -0.2) is 0 Å². The molecule has 1 amide bonds. The predicted molar refractivity (Wildman–Crippen MR) is 83.0 cm³/mol. The number of amides is 1. The van der Waals surface area contributed by atoms with Crippen LogP contribution in [0, 0.1) is 0 Å². The van der Waals surface area contributed by atoms with Gasteiger partial charge in [-0.15, -0.1) is 0 Å². The molecule has 2 aromatic rings. The molecule has 20 heavy (non-hydrogen) atoms. The molecule has 0 spiro atoms. The second kappa shape index (κ2) is 4.45. The Kier molecular flexibility index (Phi) is 2.71. The van der Waals surface area contributed by atoms with E-state index in [-0.39, 0.29) is 5.91 Å². The first-order valence-corrected chi connectivity index (χ1v) is 7.69. The molecule has 0 aromatic heterocycles. The Morgan fingerprint density at radius 3 is 2.70 bits per heavy atom. The second-order valence-corrected chi connectivity index (χ2v) is 6.52. The highest BCUT2D eigenvalue weighted by Crippen LogP contribution is 2.49. The van der Waals surface area contributed by atoms with Gasteiger partial charge in [0.1, 0.15) is 0 Å². The first kappa shape index (κ1) is 12.2. The fourth-order valence-corrected chi connectivity index (χ4v) is 3.99. The Morgan fingerprint density at radius 1 is 1.00 bits per heavy atom. The summed E-state index contributed by atoms with van der Waals surface area (Å²) in [6.45, 7) is 0. The molecule has 0 fully saturated rings. The molecule has 2 aliphatic rings. The number of para-hydroxylation sites is 1. The molecule has 0 saturated heterocycles. The van der Waals surface area contributed by atoms with E-state index in [0.29, 0.717) is 18.3 Å². The summed E-state index contributed by atoms with van der Waals surface area (Å²) in [4.78, 5) is 12.2. The van der Waals surface area contributed by atoms with Crippen molar-refractivity contribution in [3.63, 3.8) is 0 Å². The molecule has 1 aliphatic heterocycles. The Hall–Kier alpha value is -1.61. The summed E-state index contributed by atoms with van der Waals surface area (Å²) in [5.74, 6) is 0.832. The molecule has 3 heteroatoms. The minimum atomic E-state index is 0.123. The summed E-state index contributed by atoms with van der Waals surface area (Å²) in [6, 6.07) is 14.7. The lowest BCUT2D eigenvalue weighted by Crippen LogP contribution is -2.12. The molecule has 1 aliphatic carbocycles. The zero-order valence-electron chi connectivity index (χ0n) is 10.9. The molecule has 2 atom stereocenters. The van der Waals surface area contributed by atoms with Gasteiger partial charge < -0.3 is 5.32 Å². The van der Waals surface area contributed by atoms with Crippen molar-refractivity contribution in [2.75, 3.05) is 5.32 Å². The smallest absolute Gasteiger partial charge is 0.225 e. The fourth-order valence-electron chi connectivity index (χ4n) is 3.61. The van der Waals surface area contributed by atoms with Crippen LogP contribution in [0.4, 0.5) is 5.69 Å². The maximum atomic E-state index is 12.2. The summed E-state index contributed by atoms with van der Waals surface area (Å²) in [6.07, 6.45) is 1.60. The van der Waals surface area contributed by atoms with Gasteiger partial charge in [-0.3, -0.25) is 4.79 Å². The number of rotatable bonds is 0. The highest BCUT2D eigenvalue weighted by molar-refractivity contribution is 9.10. The summed E-state index contributed by atoms with van der Waals surface area (Å²) in [7, 11) is 0. The number of carbonyl (C=O) groups is 1. The largest absolute Gasteiger partial charge is 0.326 e. The van der Waals surface area contributed by atoms with Gasteiger partial charge in [0, 0.05) is 22.5 Å². The third-order valence-electron chi connectivity index (χ3n) is 4.47. The zero-order chi connectivity index (χ0) is 13.7. The molecule has 1 N–H and O–H groups in total. The molecular formula is C17H14BrNO. The van der Waals surface area contributed by atoms with Gasteiger partial charge >= 0.3 is 0 Å². The van der Waals surface area contributed by atoms with Gasteiger partial charge in [0.05, 0.1) is 0 Å². The lowest BCUT2D eigenvalue weighted by Gasteiger charge is -2.17. The SMILES string of the molecule is O=C1CC2c3cc(Br)ccc3CC2c2ccccc2N1. The maximum absolute atomic E-state index is 12.2. The van der Waals surface area contributed by atoms with Crippen LogP contribution >= 0.6 is 15.9 Å². The minimum absolute atomic E-state index is 0.123. The molecule has 2 unspecified atom stereocenters. The van der Waals surface area contributed by atoms with Crippen molar-refractivity contribution in [2.45, 2.75) is 24.7 Å². The molecule has 4 rings (SSSR count). The molecule has 0 radical (unpaired) electrons. The Bertz CT molecular complexity index is 710. The summed E-state index contributed by atoms with van der Waals surface area (Å²) in [5.41, 5.74) is 4.97. The molecule has 0 bridgehead atoms. The zero-order valence-corrected chi connectivity index (χ0v) is 12.5. The predicted octanol–water partition coefficient (Wildman–Crippen LogP) is 4.21. The van der Waals surface area contributed by atoms with E-state index in [1.54, 1.807) is 0 Å².